The highest BCUT2D eigenvalue weighted by Gasteiger charge is 2.43. The van der Waals surface area contributed by atoms with Gasteiger partial charge in [-0.15, -0.1) is 0 Å². The summed E-state index contributed by atoms with van der Waals surface area (Å²) in [6.45, 7) is -0.375. The quantitative estimate of drug-likeness (QED) is 0.510. The van der Waals surface area contributed by atoms with Crippen LogP contribution in [0.3, 0.4) is 0 Å². The third-order valence-electron chi connectivity index (χ3n) is 2.63. The Hall–Kier alpha value is -1.34. The van der Waals surface area contributed by atoms with E-state index in [1.54, 1.807) is 24.3 Å². The molecule has 0 radical (unpaired) electrons. The Balaban J connectivity index is 2.02. The summed E-state index contributed by atoms with van der Waals surface area (Å²) in [4.78, 5) is 0. The van der Waals surface area contributed by atoms with Crippen LogP contribution in [-0.4, -0.2) is 46.5 Å². The molecule has 0 amide bonds. The Labute approximate surface area is 98.2 Å². The van der Waals surface area contributed by atoms with Crippen molar-refractivity contribution >= 4 is 5.69 Å². The van der Waals surface area contributed by atoms with E-state index in [-0.39, 0.29) is 6.61 Å². The van der Waals surface area contributed by atoms with E-state index in [4.69, 9.17) is 20.3 Å². The van der Waals surface area contributed by atoms with Gasteiger partial charge in [0.2, 0.25) is 6.29 Å². The highest BCUT2D eigenvalue weighted by Crippen LogP contribution is 2.24. The fraction of sp³-hybridized carbons (Fsp3) is 0.455. The van der Waals surface area contributed by atoms with Gasteiger partial charge in [-0.1, -0.05) is 0 Å². The predicted octanol–water partition coefficient (Wildman–Crippen LogP) is -0.913. The maximum atomic E-state index is 9.64. The molecule has 0 saturated carbocycles. The van der Waals surface area contributed by atoms with Crippen molar-refractivity contribution in [1.29, 1.82) is 0 Å². The maximum absolute atomic E-state index is 9.64. The lowest BCUT2D eigenvalue weighted by Gasteiger charge is -2.16. The summed E-state index contributed by atoms with van der Waals surface area (Å²) in [7, 11) is 0. The molecule has 1 fully saturated rings. The van der Waals surface area contributed by atoms with Gasteiger partial charge in [-0.3, -0.25) is 0 Å². The minimum atomic E-state index is -1.19. The van der Waals surface area contributed by atoms with Crippen LogP contribution in [0.25, 0.3) is 0 Å². The molecule has 1 heterocycles. The van der Waals surface area contributed by atoms with Gasteiger partial charge in [0.1, 0.15) is 24.1 Å². The summed E-state index contributed by atoms with van der Waals surface area (Å²) in [6.07, 6.45) is -4.17. The Morgan fingerprint density at radius 1 is 1.18 bits per heavy atom. The molecular formula is C11H15NO5. The van der Waals surface area contributed by atoms with Crippen LogP contribution < -0.4 is 10.5 Å². The van der Waals surface area contributed by atoms with Gasteiger partial charge in [0.15, 0.2) is 0 Å². The fourth-order valence-corrected chi connectivity index (χ4v) is 1.64. The number of aliphatic hydroxyl groups excluding tert-OH is 3. The number of rotatable bonds is 3. The van der Waals surface area contributed by atoms with Crippen molar-refractivity contribution in [3.05, 3.63) is 24.3 Å². The normalized spacial score (nSPS) is 32.6. The van der Waals surface area contributed by atoms with E-state index in [9.17, 15) is 10.2 Å². The van der Waals surface area contributed by atoms with Crippen LogP contribution in [0, 0.1) is 0 Å². The molecule has 6 nitrogen and oxygen atoms in total. The topological polar surface area (TPSA) is 105 Å². The number of hydrogen-bond donors (Lipinski definition) is 4. The van der Waals surface area contributed by atoms with Crippen LogP contribution in [-0.2, 0) is 4.74 Å². The first-order valence-electron chi connectivity index (χ1n) is 5.26. The van der Waals surface area contributed by atoms with E-state index in [0.29, 0.717) is 11.4 Å². The number of anilines is 1. The zero-order valence-corrected chi connectivity index (χ0v) is 9.06. The van der Waals surface area contributed by atoms with Crippen molar-refractivity contribution in [3.63, 3.8) is 0 Å². The van der Waals surface area contributed by atoms with Crippen LogP contribution in [0.4, 0.5) is 5.69 Å². The first-order chi connectivity index (χ1) is 8.11. The number of nitrogens with two attached hydrogens (primary N) is 1. The van der Waals surface area contributed by atoms with Gasteiger partial charge >= 0.3 is 0 Å². The molecule has 1 aromatic carbocycles. The summed E-state index contributed by atoms with van der Waals surface area (Å²) < 4.78 is 10.5. The van der Waals surface area contributed by atoms with Gasteiger partial charge in [-0.2, -0.15) is 0 Å². The summed E-state index contributed by atoms with van der Waals surface area (Å²) in [5, 5.41) is 28.1. The van der Waals surface area contributed by atoms with Crippen molar-refractivity contribution in [2.75, 3.05) is 12.3 Å². The third kappa shape index (κ3) is 2.50. The molecule has 5 N–H and O–H groups in total. The molecule has 2 rings (SSSR count). The summed E-state index contributed by atoms with van der Waals surface area (Å²) in [5.74, 6) is 0.467. The number of hydrogen-bond acceptors (Lipinski definition) is 6. The fourth-order valence-electron chi connectivity index (χ4n) is 1.64. The summed E-state index contributed by atoms with van der Waals surface area (Å²) in [6, 6.07) is 6.56. The van der Waals surface area contributed by atoms with E-state index in [2.05, 4.69) is 0 Å². The van der Waals surface area contributed by atoms with Gasteiger partial charge in [0, 0.05) is 5.69 Å². The van der Waals surface area contributed by atoms with Crippen molar-refractivity contribution < 1.29 is 24.8 Å². The van der Waals surface area contributed by atoms with Gasteiger partial charge in [0.25, 0.3) is 0 Å². The lowest BCUT2D eigenvalue weighted by molar-refractivity contribution is -0.116. The average Bonchev–Trinajstić information content (AvgIpc) is 2.60. The highest BCUT2D eigenvalue weighted by atomic mass is 16.7. The zero-order chi connectivity index (χ0) is 12.4. The highest BCUT2D eigenvalue weighted by molar-refractivity contribution is 5.41. The molecule has 0 aliphatic carbocycles. The first kappa shape index (κ1) is 12.1. The molecule has 1 aromatic rings. The number of ether oxygens (including phenoxy) is 2. The lowest BCUT2D eigenvalue weighted by Crippen LogP contribution is -2.35. The van der Waals surface area contributed by atoms with Gasteiger partial charge in [0.05, 0.1) is 6.61 Å². The van der Waals surface area contributed by atoms with Crippen LogP contribution in [0.15, 0.2) is 24.3 Å². The third-order valence-corrected chi connectivity index (χ3v) is 2.63. The molecule has 17 heavy (non-hydrogen) atoms. The Kier molecular flexibility index (Phi) is 3.49. The SMILES string of the molecule is Nc1ccc(O[C@H]2O[C@H](CO)[C@@H](O)[C@H]2O)cc1. The first-order valence-corrected chi connectivity index (χ1v) is 5.26. The van der Waals surface area contributed by atoms with Crippen molar-refractivity contribution in [2.45, 2.75) is 24.6 Å². The number of nitrogen functional groups attached to an aromatic ring is 1. The second-order valence-corrected chi connectivity index (χ2v) is 3.89. The second-order valence-electron chi connectivity index (χ2n) is 3.89. The predicted molar refractivity (Wildman–Crippen MR) is 59.2 cm³/mol. The molecule has 1 saturated heterocycles. The van der Waals surface area contributed by atoms with Gasteiger partial charge in [-0.25, -0.2) is 0 Å². The van der Waals surface area contributed by atoms with E-state index in [0.717, 1.165) is 0 Å². The minimum absolute atomic E-state index is 0.375. The monoisotopic (exact) mass is 241 g/mol. The smallest absolute Gasteiger partial charge is 0.229 e. The number of aliphatic hydroxyl groups is 3. The molecule has 4 atom stereocenters. The largest absolute Gasteiger partial charge is 0.462 e. The average molecular weight is 241 g/mol. The molecular weight excluding hydrogens is 226 g/mol. The molecule has 1 aliphatic heterocycles. The standard InChI is InChI=1S/C11H15NO5/c12-6-1-3-7(4-2-6)16-11-10(15)9(14)8(5-13)17-11/h1-4,8-11,13-15H,5,12H2/t8-,9-,10-,11+/m1/s1. The van der Waals surface area contributed by atoms with Crippen molar-refractivity contribution in [1.82, 2.24) is 0 Å². The molecule has 1 aliphatic rings. The molecule has 0 unspecified atom stereocenters. The molecule has 0 aromatic heterocycles. The van der Waals surface area contributed by atoms with Crippen LogP contribution in [0.1, 0.15) is 0 Å². The van der Waals surface area contributed by atoms with E-state index >= 15 is 0 Å². The molecule has 0 bridgehead atoms. The van der Waals surface area contributed by atoms with E-state index < -0.39 is 24.6 Å². The Morgan fingerprint density at radius 3 is 2.35 bits per heavy atom. The summed E-state index contributed by atoms with van der Waals surface area (Å²) >= 11 is 0. The second kappa shape index (κ2) is 4.89. The minimum Gasteiger partial charge on any atom is -0.462 e. The van der Waals surface area contributed by atoms with Gasteiger partial charge in [-0.05, 0) is 24.3 Å². The molecule has 0 spiro atoms. The molecule has 6 heteroatoms. The Morgan fingerprint density at radius 2 is 1.82 bits per heavy atom. The Bertz CT molecular complexity index is 369. The maximum Gasteiger partial charge on any atom is 0.229 e. The van der Waals surface area contributed by atoms with Gasteiger partial charge < -0.3 is 30.5 Å². The lowest BCUT2D eigenvalue weighted by atomic mass is 10.1. The van der Waals surface area contributed by atoms with E-state index in [1.165, 1.54) is 0 Å². The zero-order valence-electron chi connectivity index (χ0n) is 9.06. The van der Waals surface area contributed by atoms with Crippen molar-refractivity contribution in [2.24, 2.45) is 0 Å². The van der Waals surface area contributed by atoms with E-state index in [1.807, 2.05) is 0 Å². The summed E-state index contributed by atoms with van der Waals surface area (Å²) in [5.41, 5.74) is 6.11. The van der Waals surface area contributed by atoms with Crippen LogP contribution >= 0.6 is 0 Å². The van der Waals surface area contributed by atoms with Crippen LogP contribution in [0.5, 0.6) is 5.75 Å². The van der Waals surface area contributed by atoms with Crippen molar-refractivity contribution in [3.8, 4) is 5.75 Å². The molecule has 94 valence electrons. The van der Waals surface area contributed by atoms with Crippen LogP contribution in [0.2, 0.25) is 0 Å². The number of benzene rings is 1.